The van der Waals surface area contributed by atoms with Gasteiger partial charge in [0.1, 0.15) is 5.82 Å². The Labute approximate surface area is 122 Å². The quantitative estimate of drug-likeness (QED) is 0.943. The molecule has 0 atom stereocenters. The molecule has 1 N–H and O–H groups in total. The highest BCUT2D eigenvalue weighted by Gasteiger charge is 2.20. The Morgan fingerprint density at radius 2 is 2.25 bits per heavy atom. The standard InChI is InChI=1S/C14H18N4OS/c1-9-15-13(17-16-9)8-18(2)14(19)12-7-10-5-3-4-6-11(10)20-12/h7H,3-6,8H2,1-2H3,(H,15,16,17). The molecule has 0 fully saturated rings. The van der Waals surface area contributed by atoms with Crippen LogP contribution in [-0.4, -0.2) is 33.0 Å². The minimum Gasteiger partial charge on any atom is -0.333 e. The van der Waals surface area contributed by atoms with E-state index in [2.05, 4.69) is 21.2 Å². The number of carbonyl (C=O) groups excluding carboxylic acids is 1. The second-order valence-electron chi connectivity index (χ2n) is 5.26. The van der Waals surface area contributed by atoms with Gasteiger partial charge in [-0.1, -0.05) is 0 Å². The van der Waals surface area contributed by atoms with Crippen molar-refractivity contribution in [2.75, 3.05) is 7.05 Å². The molecule has 106 valence electrons. The molecule has 0 bridgehead atoms. The summed E-state index contributed by atoms with van der Waals surface area (Å²) >= 11 is 1.65. The molecule has 3 rings (SSSR count). The number of H-pyrrole nitrogens is 1. The van der Waals surface area contributed by atoms with Crippen LogP contribution in [0.5, 0.6) is 0 Å². The third kappa shape index (κ3) is 2.60. The second-order valence-corrected chi connectivity index (χ2v) is 6.40. The summed E-state index contributed by atoms with van der Waals surface area (Å²) in [6, 6.07) is 2.07. The van der Waals surface area contributed by atoms with Crippen LogP contribution in [0.25, 0.3) is 0 Å². The van der Waals surface area contributed by atoms with Gasteiger partial charge in [0.2, 0.25) is 0 Å². The molecule has 0 aliphatic heterocycles. The van der Waals surface area contributed by atoms with Gasteiger partial charge in [0.15, 0.2) is 5.82 Å². The van der Waals surface area contributed by atoms with Gasteiger partial charge < -0.3 is 4.90 Å². The summed E-state index contributed by atoms with van der Waals surface area (Å²) < 4.78 is 0. The van der Waals surface area contributed by atoms with Crippen molar-refractivity contribution in [3.05, 3.63) is 33.0 Å². The molecule has 1 aliphatic carbocycles. The lowest BCUT2D eigenvalue weighted by Crippen LogP contribution is -2.26. The smallest absolute Gasteiger partial charge is 0.264 e. The van der Waals surface area contributed by atoms with Crippen molar-refractivity contribution in [2.24, 2.45) is 0 Å². The van der Waals surface area contributed by atoms with Gasteiger partial charge in [-0.05, 0) is 44.2 Å². The molecule has 0 unspecified atom stereocenters. The van der Waals surface area contributed by atoms with Gasteiger partial charge in [0.25, 0.3) is 5.91 Å². The summed E-state index contributed by atoms with van der Waals surface area (Å²) in [5, 5.41) is 6.87. The highest BCUT2D eigenvalue weighted by Crippen LogP contribution is 2.30. The summed E-state index contributed by atoms with van der Waals surface area (Å²) in [4.78, 5) is 20.6. The van der Waals surface area contributed by atoms with Gasteiger partial charge in [-0.3, -0.25) is 9.89 Å². The van der Waals surface area contributed by atoms with E-state index in [-0.39, 0.29) is 5.91 Å². The maximum absolute atomic E-state index is 12.4. The Morgan fingerprint density at radius 1 is 1.45 bits per heavy atom. The Bertz CT molecular complexity index is 607. The molecule has 6 heteroatoms. The first-order valence-electron chi connectivity index (χ1n) is 6.88. The van der Waals surface area contributed by atoms with Crippen molar-refractivity contribution < 1.29 is 4.79 Å². The van der Waals surface area contributed by atoms with E-state index >= 15 is 0 Å². The molecule has 1 aliphatic rings. The van der Waals surface area contributed by atoms with E-state index in [1.165, 1.54) is 23.3 Å². The normalized spacial score (nSPS) is 14.1. The molecule has 0 saturated heterocycles. The van der Waals surface area contributed by atoms with Crippen molar-refractivity contribution in [1.82, 2.24) is 20.1 Å². The molecule has 0 aromatic carbocycles. The number of nitrogens with zero attached hydrogens (tertiary/aromatic N) is 3. The number of aromatic nitrogens is 3. The van der Waals surface area contributed by atoms with E-state index < -0.39 is 0 Å². The van der Waals surface area contributed by atoms with E-state index in [0.717, 1.165) is 23.5 Å². The lowest BCUT2D eigenvalue weighted by atomic mass is 9.99. The van der Waals surface area contributed by atoms with E-state index in [1.807, 2.05) is 6.92 Å². The third-order valence-electron chi connectivity index (χ3n) is 3.58. The summed E-state index contributed by atoms with van der Waals surface area (Å²) in [7, 11) is 1.80. The van der Waals surface area contributed by atoms with Crippen molar-refractivity contribution >= 4 is 17.2 Å². The summed E-state index contributed by atoms with van der Waals surface area (Å²) in [5.74, 6) is 1.49. The molecule has 0 radical (unpaired) electrons. The number of aromatic amines is 1. The summed E-state index contributed by atoms with van der Waals surface area (Å²) in [6.45, 7) is 2.29. The van der Waals surface area contributed by atoms with Crippen molar-refractivity contribution in [2.45, 2.75) is 39.2 Å². The van der Waals surface area contributed by atoms with Gasteiger partial charge in [-0.15, -0.1) is 11.3 Å². The van der Waals surface area contributed by atoms with Crippen LogP contribution >= 0.6 is 11.3 Å². The predicted octanol–water partition coefficient (Wildman–Crippen LogP) is 2.33. The van der Waals surface area contributed by atoms with Crippen LogP contribution in [0.4, 0.5) is 0 Å². The van der Waals surface area contributed by atoms with E-state index in [4.69, 9.17) is 0 Å². The lowest BCUT2D eigenvalue weighted by Gasteiger charge is -2.13. The van der Waals surface area contributed by atoms with Gasteiger partial charge in [0, 0.05) is 11.9 Å². The van der Waals surface area contributed by atoms with E-state index in [1.54, 1.807) is 23.3 Å². The van der Waals surface area contributed by atoms with Crippen LogP contribution in [0.3, 0.4) is 0 Å². The molecule has 2 heterocycles. The number of carbonyl (C=O) groups is 1. The molecule has 2 aromatic heterocycles. The highest BCUT2D eigenvalue weighted by molar-refractivity contribution is 7.14. The number of aryl methyl sites for hydroxylation is 3. The number of rotatable bonds is 3. The van der Waals surface area contributed by atoms with Crippen LogP contribution < -0.4 is 0 Å². The molecule has 1 amide bonds. The minimum absolute atomic E-state index is 0.0619. The van der Waals surface area contributed by atoms with E-state index in [0.29, 0.717) is 12.4 Å². The van der Waals surface area contributed by atoms with Gasteiger partial charge >= 0.3 is 0 Å². The number of fused-ring (bicyclic) bond motifs is 1. The first-order chi connectivity index (χ1) is 9.63. The Balaban J connectivity index is 1.73. The molecule has 20 heavy (non-hydrogen) atoms. The van der Waals surface area contributed by atoms with Crippen LogP contribution in [0.2, 0.25) is 0 Å². The number of hydrogen-bond acceptors (Lipinski definition) is 4. The maximum atomic E-state index is 12.4. The first kappa shape index (κ1) is 13.3. The van der Waals surface area contributed by atoms with Crippen LogP contribution in [-0.2, 0) is 19.4 Å². The summed E-state index contributed by atoms with van der Waals surface area (Å²) in [6.07, 6.45) is 4.72. The fourth-order valence-electron chi connectivity index (χ4n) is 2.53. The SMILES string of the molecule is Cc1nc(CN(C)C(=O)c2cc3c(s2)CCCC3)n[nH]1. The molecule has 5 nitrogen and oxygen atoms in total. The zero-order valence-electron chi connectivity index (χ0n) is 11.8. The number of hydrogen-bond donors (Lipinski definition) is 1. The average molecular weight is 290 g/mol. The largest absolute Gasteiger partial charge is 0.333 e. The Kier molecular flexibility index (Phi) is 3.56. The van der Waals surface area contributed by atoms with Gasteiger partial charge in [-0.25, -0.2) is 4.98 Å². The first-order valence-corrected chi connectivity index (χ1v) is 7.70. The van der Waals surface area contributed by atoms with Crippen molar-refractivity contribution in [3.8, 4) is 0 Å². The van der Waals surface area contributed by atoms with Gasteiger partial charge in [0.05, 0.1) is 11.4 Å². The second kappa shape index (κ2) is 5.36. The van der Waals surface area contributed by atoms with Crippen LogP contribution in [0.15, 0.2) is 6.07 Å². The number of amides is 1. The molecule has 2 aromatic rings. The van der Waals surface area contributed by atoms with Crippen LogP contribution in [0, 0.1) is 6.92 Å². The minimum atomic E-state index is 0.0619. The fourth-order valence-corrected chi connectivity index (χ4v) is 3.78. The lowest BCUT2D eigenvalue weighted by molar-refractivity contribution is 0.0786. The zero-order chi connectivity index (χ0) is 14.1. The monoisotopic (exact) mass is 290 g/mol. The van der Waals surface area contributed by atoms with Crippen molar-refractivity contribution in [1.29, 1.82) is 0 Å². The molecule has 0 spiro atoms. The number of nitrogens with one attached hydrogen (secondary N) is 1. The Hall–Kier alpha value is -1.69. The molecular formula is C14H18N4OS. The van der Waals surface area contributed by atoms with Crippen molar-refractivity contribution in [3.63, 3.8) is 0 Å². The average Bonchev–Trinajstić information content (AvgIpc) is 3.03. The summed E-state index contributed by atoms with van der Waals surface area (Å²) in [5.41, 5.74) is 1.37. The molecule has 0 saturated carbocycles. The fraction of sp³-hybridized carbons (Fsp3) is 0.500. The Morgan fingerprint density at radius 3 is 2.95 bits per heavy atom. The maximum Gasteiger partial charge on any atom is 0.264 e. The number of thiophene rings is 1. The van der Waals surface area contributed by atoms with Crippen LogP contribution in [0.1, 0.15) is 44.6 Å². The van der Waals surface area contributed by atoms with E-state index in [9.17, 15) is 4.79 Å². The predicted molar refractivity (Wildman–Crippen MR) is 77.9 cm³/mol. The molecular weight excluding hydrogens is 272 g/mol. The van der Waals surface area contributed by atoms with Gasteiger partial charge in [-0.2, -0.15) is 5.10 Å². The highest BCUT2D eigenvalue weighted by atomic mass is 32.1. The zero-order valence-corrected chi connectivity index (χ0v) is 12.6. The third-order valence-corrected chi connectivity index (χ3v) is 4.80. The topological polar surface area (TPSA) is 61.9 Å².